The minimum absolute atomic E-state index is 0.0808. The molecule has 0 amide bonds. The van der Waals surface area contributed by atoms with E-state index in [1.807, 2.05) is 4.68 Å². The molecule has 1 aromatic rings. The van der Waals surface area contributed by atoms with Crippen LogP contribution in [0.4, 0.5) is 0 Å². The smallest absolute Gasteiger partial charge is 0.141 e. The van der Waals surface area contributed by atoms with E-state index in [-0.39, 0.29) is 12.1 Å². The lowest BCUT2D eigenvalue weighted by Crippen LogP contribution is -2.40. The minimum atomic E-state index is -0.0808. The molecule has 2 N–H and O–H groups in total. The van der Waals surface area contributed by atoms with Gasteiger partial charge < -0.3 is 10.4 Å². The molecule has 0 aliphatic heterocycles. The predicted molar refractivity (Wildman–Crippen MR) is 63.0 cm³/mol. The number of hydrogen-bond donors (Lipinski definition) is 2. The number of aromatic nitrogens is 3. The lowest BCUT2D eigenvalue weighted by Gasteiger charge is -2.25. The first-order valence-corrected chi connectivity index (χ1v) is 5.70. The number of aliphatic hydroxyl groups is 1. The zero-order valence-electron chi connectivity index (χ0n) is 10.6. The molecule has 1 aromatic heterocycles. The Morgan fingerprint density at radius 2 is 2.19 bits per heavy atom. The average molecular weight is 226 g/mol. The third kappa shape index (κ3) is 3.57. The molecule has 1 rings (SSSR count). The molecule has 5 heteroatoms. The monoisotopic (exact) mass is 226 g/mol. The Kier molecular flexibility index (Phi) is 4.44. The number of nitrogens with one attached hydrogen (secondary N) is 1. The van der Waals surface area contributed by atoms with E-state index in [9.17, 15) is 0 Å². The quantitative estimate of drug-likeness (QED) is 0.762. The molecule has 0 aromatic carbocycles. The fourth-order valence-electron chi connectivity index (χ4n) is 1.52. The van der Waals surface area contributed by atoms with Gasteiger partial charge >= 0.3 is 0 Å². The molecular weight excluding hydrogens is 204 g/mol. The standard InChI is InChI=1S/C11H22N4O/c1-9(2)15-10(12-8-14-15)7-13-11(3,4)5-6-16/h8-9,13,16H,5-7H2,1-4H3. The Balaban J connectivity index is 2.57. The number of aliphatic hydroxyl groups excluding tert-OH is 1. The van der Waals surface area contributed by atoms with Gasteiger partial charge in [0, 0.05) is 18.2 Å². The highest BCUT2D eigenvalue weighted by atomic mass is 16.3. The van der Waals surface area contributed by atoms with Crippen molar-refractivity contribution in [2.45, 2.75) is 52.2 Å². The van der Waals surface area contributed by atoms with Crippen LogP contribution in [-0.2, 0) is 6.54 Å². The fraction of sp³-hybridized carbons (Fsp3) is 0.818. The van der Waals surface area contributed by atoms with Crippen LogP contribution in [0.25, 0.3) is 0 Å². The molecule has 0 aliphatic carbocycles. The maximum absolute atomic E-state index is 8.93. The van der Waals surface area contributed by atoms with Gasteiger partial charge in [0.15, 0.2) is 0 Å². The van der Waals surface area contributed by atoms with Gasteiger partial charge in [-0.15, -0.1) is 0 Å². The van der Waals surface area contributed by atoms with Gasteiger partial charge in [-0.3, -0.25) is 0 Å². The Bertz CT molecular complexity index is 320. The lowest BCUT2D eigenvalue weighted by atomic mass is 10.0. The summed E-state index contributed by atoms with van der Waals surface area (Å²) in [5, 5.41) is 16.5. The summed E-state index contributed by atoms with van der Waals surface area (Å²) < 4.78 is 1.90. The first-order chi connectivity index (χ1) is 7.46. The van der Waals surface area contributed by atoms with Gasteiger partial charge in [0.25, 0.3) is 0 Å². The van der Waals surface area contributed by atoms with Crippen molar-refractivity contribution in [2.24, 2.45) is 0 Å². The van der Waals surface area contributed by atoms with Crippen molar-refractivity contribution in [1.29, 1.82) is 0 Å². The third-order valence-electron chi connectivity index (χ3n) is 2.60. The molecule has 0 unspecified atom stereocenters. The lowest BCUT2D eigenvalue weighted by molar-refractivity contribution is 0.228. The van der Waals surface area contributed by atoms with Crippen LogP contribution in [0, 0.1) is 0 Å². The number of nitrogens with zero attached hydrogens (tertiary/aromatic N) is 3. The zero-order chi connectivity index (χ0) is 12.2. The van der Waals surface area contributed by atoms with Gasteiger partial charge in [-0.25, -0.2) is 9.67 Å². The van der Waals surface area contributed by atoms with Crippen molar-refractivity contribution in [2.75, 3.05) is 6.61 Å². The highest BCUT2D eigenvalue weighted by Crippen LogP contribution is 2.10. The summed E-state index contributed by atoms with van der Waals surface area (Å²) in [6.45, 7) is 9.16. The van der Waals surface area contributed by atoms with Crippen LogP contribution in [0.1, 0.15) is 46.0 Å². The summed E-state index contributed by atoms with van der Waals surface area (Å²) in [7, 11) is 0. The van der Waals surface area contributed by atoms with Crippen molar-refractivity contribution in [3.63, 3.8) is 0 Å². The average Bonchev–Trinajstić information content (AvgIpc) is 2.62. The number of hydrogen-bond acceptors (Lipinski definition) is 4. The van der Waals surface area contributed by atoms with Crippen LogP contribution in [0.5, 0.6) is 0 Å². The molecule has 0 atom stereocenters. The molecule has 1 heterocycles. The summed E-state index contributed by atoms with van der Waals surface area (Å²) in [5.41, 5.74) is -0.0808. The SMILES string of the molecule is CC(C)n1ncnc1CNC(C)(C)CCO. The minimum Gasteiger partial charge on any atom is -0.396 e. The van der Waals surface area contributed by atoms with E-state index in [0.29, 0.717) is 12.6 Å². The molecule has 0 saturated heterocycles. The molecule has 0 aliphatic rings. The molecule has 0 fully saturated rings. The van der Waals surface area contributed by atoms with Crippen LogP contribution in [0.2, 0.25) is 0 Å². The predicted octanol–water partition coefficient (Wildman–Crippen LogP) is 1.11. The molecule has 0 saturated carbocycles. The van der Waals surface area contributed by atoms with Crippen LogP contribution in [-0.4, -0.2) is 32.0 Å². The van der Waals surface area contributed by atoms with Gasteiger partial charge in [-0.2, -0.15) is 5.10 Å². The highest BCUT2D eigenvalue weighted by Gasteiger charge is 2.17. The van der Waals surface area contributed by atoms with E-state index in [1.54, 1.807) is 6.33 Å². The topological polar surface area (TPSA) is 63.0 Å². The number of rotatable bonds is 6. The maximum atomic E-state index is 8.93. The summed E-state index contributed by atoms with van der Waals surface area (Å²) >= 11 is 0. The summed E-state index contributed by atoms with van der Waals surface area (Å²) in [5.74, 6) is 0.931. The second kappa shape index (κ2) is 5.41. The van der Waals surface area contributed by atoms with E-state index >= 15 is 0 Å². The summed E-state index contributed by atoms with van der Waals surface area (Å²) in [6.07, 6.45) is 2.30. The van der Waals surface area contributed by atoms with Crippen LogP contribution >= 0.6 is 0 Å². The fourth-order valence-corrected chi connectivity index (χ4v) is 1.52. The van der Waals surface area contributed by atoms with Gasteiger partial charge in [0.05, 0.1) is 6.54 Å². The Labute approximate surface area is 96.9 Å². The Hall–Kier alpha value is -0.940. The van der Waals surface area contributed by atoms with Crippen LogP contribution in [0.15, 0.2) is 6.33 Å². The Morgan fingerprint density at radius 1 is 1.50 bits per heavy atom. The second-order valence-corrected chi connectivity index (χ2v) is 4.93. The first kappa shape index (κ1) is 13.1. The zero-order valence-corrected chi connectivity index (χ0v) is 10.6. The van der Waals surface area contributed by atoms with E-state index < -0.39 is 0 Å². The van der Waals surface area contributed by atoms with Crippen LogP contribution < -0.4 is 5.32 Å². The van der Waals surface area contributed by atoms with Crippen molar-refractivity contribution >= 4 is 0 Å². The van der Waals surface area contributed by atoms with E-state index in [1.165, 1.54) is 0 Å². The maximum Gasteiger partial charge on any atom is 0.141 e. The van der Waals surface area contributed by atoms with Gasteiger partial charge in [0.1, 0.15) is 12.2 Å². The molecule has 0 spiro atoms. The summed E-state index contributed by atoms with van der Waals surface area (Å²) in [4.78, 5) is 4.23. The third-order valence-corrected chi connectivity index (χ3v) is 2.60. The van der Waals surface area contributed by atoms with Gasteiger partial charge in [0.2, 0.25) is 0 Å². The van der Waals surface area contributed by atoms with E-state index in [4.69, 9.17) is 5.11 Å². The molecular formula is C11H22N4O. The Morgan fingerprint density at radius 3 is 2.75 bits per heavy atom. The second-order valence-electron chi connectivity index (χ2n) is 4.93. The molecule has 92 valence electrons. The molecule has 0 radical (unpaired) electrons. The normalized spacial score (nSPS) is 12.4. The highest BCUT2D eigenvalue weighted by molar-refractivity contribution is 4.89. The molecule has 5 nitrogen and oxygen atoms in total. The summed E-state index contributed by atoms with van der Waals surface area (Å²) in [6, 6.07) is 0.320. The van der Waals surface area contributed by atoms with Gasteiger partial charge in [-0.1, -0.05) is 0 Å². The van der Waals surface area contributed by atoms with Gasteiger partial charge in [-0.05, 0) is 34.1 Å². The molecule has 0 bridgehead atoms. The van der Waals surface area contributed by atoms with Crippen molar-refractivity contribution in [1.82, 2.24) is 20.1 Å². The molecule has 16 heavy (non-hydrogen) atoms. The first-order valence-electron chi connectivity index (χ1n) is 5.70. The van der Waals surface area contributed by atoms with Crippen LogP contribution in [0.3, 0.4) is 0 Å². The van der Waals surface area contributed by atoms with Crippen molar-refractivity contribution < 1.29 is 5.11 Å². The van der Waals surface area contributed by atoms with Crippen molar-refractivity contribution in [3.8, 4) is 0 Å². The largest absolute Gasteiger partial charge is 0.396 e. The van der Waals surface area contributed by atoms with E-state index in [0.717, 1.165) is 12.2 Å². The van der Waals surface area contributed by atoms with E-state index in [2.05, 4.69) is 43.1 Å². The van der Waals surface area contributed by atoms with Crippen molar-refractivity contribution in [3.05, 3.63) is 12.2 Å².